The first-order chi connectivity index (χ1) is 9.47. The van der Waals surface area contributed by atoms with Gasteiger partial charge in [0, 0.05) is 10.7 Å². The Morgan fingerprint density at radius 1 is 1.20 bits per heavy atom. The van der Waals surface area contributed by atoms with Gasteiger partial charge in [0.05, 0.1) is 23.0 Å². The van der Waals surface area contributed by atoms with Crippen molar-refractivity contribution >= 4 is 33.5 Å². The van der Waals surface area contributed by atoms with Crippen molar-refractivity contribution in [3.63, 3.8) is 0 Å². The summed E-state index contributed by atoms with van der Waals surface area (Å²) in [5.74, 6) is -1.88. The van der Waals surface area contributed by atoms with Crippen LogP contribution in [0.3, 0.4) is 0 Å². The highest BCUT2D eigenvalue weighted by atomic mass is 79.9. The maximum atomic E-state index is 12.0. The molecule has 7 heteroatoms. The quantitative estimate of drug-likeness (QED) is 0.799. The Hall–Kier alpha value is -2.41. The minimum absolute atomic E-state index is 0.0390. The van der Waals surface area contributed by atoms with Gasteiger partial charge in [0.15, 0.2) is 0 Å². The summed E-state index contributed by atoms with van der Waals surface area (Å²) >= 11 is 3.17. The normalized spacial score (nSPS) is 10.1. The first-order valence-electron chi connectivity index (χ1n) is 5.45. The number of anilines is 1. The van der Waals surface area contributed by atoms with E-state index in [0.29, 0.717) is 4.47 Å². The number of hydrogen-bond acceptors (Lipinski definition) is 4. The molecule has 1 aromatic carbocycles. The van der Waals surface area contributed by atoms with Crippen molar-refractivity contribution in [3.05, 3.63) is 52.3 Å². The number of aromatic hydroxyl groups is 1. The highest BCUT2D eigenvalue weighted by Gasteiger charge is 2.12. The van der Waals surface area contributed by atoms with Crippen LogP contribution >= 0.6 is 15.9 Å². The van der Waals surface area contributed by atoms with Gasteiger partial charge in [-0.1, -0.05) is 15.9 Å². The van der Waals surface area contributed by atoms with Gasteiger partial charge in [-0.25, -0.2) is 4.79 Å². The summed E-state index contributed by atoms with van der Waals surface area (Å²) in [6.07, 6.45) is 2.50. The number of amides is 1. The van der Waals surface area contributed by atoms with E-state index in [4.69, 9.17) is 5.11 Å². The highest BCUT2D eigenvalue weighted by molar-refractivity contribution is 9.10. The van der Waals surface area contributed by atoms with E-state index in [2.05, 4.69) is 26.2 Å². The summed E-state index contributed by atoms with van der Waals surface area (Å²) in [6, 6.07) is 5.73. The van der Waals surface area contributed by atoms with E-state index < -0.39 is 11.9 Å². The zero-order chi connectivity index (χ0) is 14.7. The van der Waals surface area contributed by atoms with Crippen molar-refractivity contribution < 1.29 is 19.8 Å². The predicted molar refractivity (Wildman–Crippen MR) is 75.0 cm³/mol. The van der Waals surface area contributed by atoms with Gasteiger partial charge in [0.2, 0.25) is 0 Å². The molecule has 0 unspecified atom stereocenters. The minimum atomic E-state index is -1.14. The van der Waals surface area contributed by atoms with E-state index in [1.54, 1.807) is 6.07 Å². The van der Waals surface area contributed by atoms with E-state index in [1.807, 2.05) is 0 Å². The fraction of sp³-hybridized carbons (Fsp3) is 0. The number of carboxylic acid groups (broad SMARTS) is 1. The lowest BCUT2D eigenvalue weighted by Crippen LogP contribution is -2.13. The third-order valence-electron chi connectivity index (χ3n) is 2.45. The maximum Gasteiger partial charge on any atom is 0.337 e. The first kappa shape index (κ1) is 14.0. The third-order valence-corrected chi connectivity index (χ3v) is 2.94. The number of halogens is 1. The molecule has 0 saturated heterocycles. The zero-order valence-electron chi connectivity index (χ0n) is 10.0. The van der Waals surface area contributed by atoms with Gasteiger partial charge in [-0.05, 0) is 24.3 Å². The number of aromatic carboxylic acids is 1. The fourth-order valence-electron chi connectivity index (χ4n) is 1.52. The average Bonchev–Trinajstić information content (AvgIpc) is 2.38. The Morgan fingerprint density at radius 2 is 1.95 bits per heavy atom. The number of carbonyl (C=O) groups excluding carboxylic acids is 1. The van der Waals surface area contributed by atoms with Crippen LogP contribution in [-0.4, -0.2) is 27.1 Å². The first-order valence-corrected chi connectivity index (χ1v) is 6.25. The highest BCUT2D eigenvalue weighted by Crippen LogP contribution is 2.23. The van der Waals surface area contributed by atoms with Crippen LogP contribution in [-0.2, 0) is 0 Å². The Labute approximate surface area is 122 Å². The standard InChI is InChI=1S/C13H9BrN2O4/c14-8-1-2-10(11(17)4-8)12(18)16-9-3-7(13(19)20)5-15-6-9/h1-6,17H,(H,16,18)(H,19,20). The number of benzene rings is 1. The summed E-state index contributed by atoms with van der Waals surface area (Å²) in [7, 11) is 0. The molecule has 0 saturated carbocycles. The van der Waals surface area contributed by atoms with Crippen molar-refractivity contribution in [2.45, 2.75) is 0 Å². The molecule has 0 aliphatic carbocycles. The molecule has 0 aliphatic heterocycles. The molecule has 3 N–H and O–H groups in total. The monoisotopic (exact) mass is 336 g/mol. The third kappa shape index (κ3) is 3.12. The van der Waals surface area contributed by atoms with Gasteiger partial charge >= 0.3 is 5.97 Å². The molecule has 0 atom stereocenters. The van der Waals surface area contributed by atoms with E-state index in [-0.39, 0.29) is 22.6 Å². The summed E-state index contributed by atoms with van der Waals surface area (Å²) in [6.45, 7) is 0. The Morgan fingerprint density at radius 3 is 2.60 bits per heavy atom. The molecule has 6 nitrogen and oxygen atoms in total. The van der Waals surface area contributed by atoms with Gasteiger partial charge in [0.1, 0.15) is 5.75 Å². The maximum absolute atomic E-state index is 12.0. The number of phenols is 1. The summed E-state index contributed by atoms with van der Waals surface area (Å²) in [4.78, 5) is 26.5. The second-order valence-electron chi connectivity index (χ2n) is 3.88. The smallest absolute Gasteiger partial charge is 0.337 e. The van der Waals surface area contributed by atoms with Crippen LogP contribution in [0.2, 0.25) is 0 Å². The van der Waals surface area contributed by atoms with Crippen LogP contribution in [0.5, 0.6) is 5.75 Å². The van der Waals surface area contributed by atoms with Crippen LogP contribution < -0.4 is 5.32 Å². The van der Waals surface area contributed by atoms with E-state index in [9.17, 15) is 14.7 Å². The number of pyridine rings is 1. The Bertz CT molecular complexity index is 688. The molecule has 0 radical (unpaired) electrons. The molecule has 1 aromatic heterocycles. The topological polar surface area (TPSA) is 99.5 Å². The van der Waals surface area contributed by atoms with Crippen LogP contribution in [0.4, 0.5) is 5.69 Å². The van der Waals surface area contributed by atoms with Crippen LogP contribution in [0.15, 0.2) is 41.1 Å². The molecule has 102 valence electrons. The number of carbonyl (C=O) groups is 2. The summed E-state index contributed by atoms with van der Waals surface area (Å²) in [5, 5.41) is 21.0. The van der Waals surface area contributed by atoms with Gasteiger partial charge in [-0.15, -0.1) is 0 Å². The van der Waals surface area contributed by atoms with Gasteiger partial charge in [-0.3, -0.25) is 9.78 Å². The molecule has 0 spiro atoms. The van der Waals surface area contributed by atoms with Crippen LogP contribution in [0.1, 0.15) is 20.7 Å². The number of nitrogens with one attached hydrogen (secondary N) is 1. The number of nitrogens with zero attached hydrogens (tertiary/aromatic N) is 1. The lowest BCUT2D eigenvalue weighted by molar-refractivity contribution is 0.0696. The number of aromatic nitrogens is 1. The van der Waals surface area contributed by atoms with Gasteiger partial charge in [0.25, 0.3) is 5.91 Å². The van der Waals surface area contributed by atoms with Crippen molar-refractivity contribution in [2.75, 3.05) is 5.32 Å². The molecule has 2 aromatic rings. The molecule has 20 heavy (non-hydrogen) atoms. The molecule has 0 aliphatic rings. The molecule has 0 fully saturated rings. The SMILES string of the molecule is O=C(O)c1cncc(NC(=O)c2ccc(Br)cc2O)c1. The van der Waals surface area contributed by atoms with E-state index in [0.717, 1.165) is 0 Å². The molecule has 1 amide bonds. The summed E-state index contributed by atoms with van der Waals surface area (Å²) in [5.41, 5.74) is 0.272. The van der Waals surface area contributed by atoms with E-state index >= 15 is 0 Å². The zero-order valence-corrected chi connectivity index (χ0v) is 11.6. The molecule has 1 heterocycles. The molecular formula is C13H9BrN2O4. The minimum Gasteiger partial charge on any atom is -0.507 e. The lowest BCUT2D eigenvalue weighted by atomic mass is 10.2. The number of phenolic OH excluding ortho intramolecular Hbond substituents is 1. The molecule has 0 bridgehead atoms. The Balaban J connectivity index is 2.23. The lowest BCUT2D eigenvalue weighted by Gasteiger charge is -2.07. The number of rotatable bonds is 3. The summed E-state index contributed by atoms with van der Waals surface area (Å²) < 4.78 is 0.640. The van der Waals surface area contributed by atoms with Crippen molar-refractivity contribution in [2.24, 2.45) is 0 Å². The number of carboxylic acids is 1. The van der Waals surface area contributed by atoms with Crippen molar-refractivity contribution in [3.8, 4) is 5.75 Å². The van der Waals surface area contributed by atoms with Crippen molar-refractivity contribution in [1.29, 1.82) is 0 Å². The van der Waals surface area contributed by atoms with Gasteiger partial charge < -0.3 is 15.5 Å². The average molecular weight is 337 g/mol. The van der Waals surface area contributed by atoms with Crippen LogP contribution in [0, 0.1) is 0 Å². The van der Waals surface area contributed by atoms with Crippen LogP contribution in [0.25, 0.3) is 0 Å². The molecular weight excluding hydrogens is 328 g/mol. The van der Waals surface area contributed by atoms with Gasteiger partial charge in [-0.2, -0.15) is 0 Å². The molecule has 2 rings (SSSR count). The van der Waals surface area contributed by atoms with Crippen molar-refractivity contribution in [1.82, 2.24) is 4.98 Å². The second-order valence-corrected chi connectivity index (χ2v) is 4.80. The number of hydrogen-bond donors (Lipinski definition) is 3. The largest absolute Gasteiger partial charge is 0.507 e. The fourth-order valence-corrected chi connectivity index (χ4v) is 1.87. The second kappa shape index (κ2) is 5.70. The van der Waals surface area contributed by atoms with E-state index in [1.165, 1.54) is 30.6 Å². The predicted octanol–water partition coefficient (Wildman–Crippen LogP) is 2.50. The Kier molecular flexibility index (Phi) is 3.99.